The van der Waals surface area contributed by atoms with E-state index in [0.29, 0.717) is 5.56 Å². The first-order valence-electron chi connectivity index (χ1n) is 3.95. The lowest BCUT2D eigenvalue weighted by atomic mass is 10.2. The third kappa shape index (κ3) is 1.60. The molecule has 0 fully saturated rings. The van der Waals surface area contributed by atoms with Crippen LogP contribution >= 0.6 is 23.1 Å². The molecular formula is C9H8N2OS2. The Balaban J connectivity index is 2.59. The molecule has 5 heteroatoms. The summed E-state index contributed by atoms with van der Waals surface area (Å²) in [4.78, 5) is 15.3. The van der Waals surface area contributed by atoms with Gasteiger partial charge < -0.3 is 5.73 Å². The molecule has 0 atom stereocenters. The first-order chi connectivity index (χ1) is 6.70. The minimum absolute atomic E-state index is 0.397. The van der Waals surface area contributed by atoms with Gasteiger partial charge in [0.1, 0.15) is 0 Å². The number of aromatic nitrogens is 1. The van der Waals surface area contributed by atoms with Crippen LogP contribution in [0.1, 0.15) is 10.4 Å². The van der Waals surface area contributed by atoms with Crippen LogP contribution in [0.2, 0.25) is 0 Å². The molecule has 3 nitrogen and oxygen atoms in total. The van der Waals surface area contributed by atoms with Crippen molar-refractivity contribution in [3.63, 3.8) is 0 Å². The maximum absolute atomic E-state index is 10.9. The largest absolute Gasteiger partial charge is 0.366 e. The molecule has 0 aliphatic heterocycles. The minimum Gasteiger partial charge on any atom is -0.366 e. The highest BCUT2D eigenvalue weighted by Crippen LogP contribution is 2.28. The second-order valence-electron chi connectivity index (χ2n) is 2.73. The minimum atomic E-state index is -0.397. The maximum Gasteiger partial charge on any atom is 0.248 e. The van der Waals surface area contributed by atoms with E-state index in [4.69, 9.17) is 5.73 Å². The Labute approximate surface area is 89.3 Å². The number of hydrogen-bond acceptors (Lipinski definition) is 4. The Morgan fingerprint density at radius 1 is 1.57 bits per heavy atom. The van der Waals surface area contributed by atoms with E-state index in [2.05, 4.69) is 4.98 Å². The van der Waals surface area contributed by atoms with E-state index in [1.165, 1.54) is 0 Å². The van der Waals surface area contributed by atoms with Gasteiger partial charge in [-0.3, -0.25) is 4.79 Å². The first kappa shape index (κ1) is 9.48. The van der Waals surface area contributed by atoms with Crippen molar-refractivity contribution in [2.75, 3.05) is 6.26 Å². The normalized spacial score (nSPS) is 10.6. The average Bonchev–Trinajstić information content (AvgIpc) is 2.58. The predicted octanol–water partition coefficient (Wildman–Crippen LogP) is 2.12. The lowest BCUT2D eigenvalue weighted by Crippen LogP contribution is -2.10. The molecule has 0 radical (unpaired) electrons. The van der Waals surface area contributed by atoms with Crippen LogP contribution < -0.4 is 5.73 Å². The van der Waals surface area contributed by atoms with Gasteiger partial charge in [0.2, 0.25) is 5.91 Å². The topological polar surface area (TPSA) is 56.0 Å². The molecule has 0 aliphatic rings. The number of benzene rings is 1. The number of nitrogens with two attached hydrogens (primary N) is 1. The van der Waals surface area contributed by atoms with Gasteiger partial charge in [-0.1, -0.05) is 11.8 Å². The van der Waals surface area contributed by atoms with Gasteiger partial charge in [0, 0.05) is 5.56 Å². The van der Waals surface area contributed by atoms with Gasteiger partial charge in [0.15, 0.2) is 4.34 Å². The number of fused-ring (bicyclic) bond motifs is 1. The molecule has 1 aromatic heterocycles. The molecular weight excluding hydrogens is 216 g/mol. The van der Waals surface area contributed by atoms with Crippen molar-refractivity contribution in [1.29, 1.82) is 0 Å². The summed E-state index contributed by atoms with van der Waals surface area (Å²) < 4.78 is 2.01. The Bertz CT molecular complexity index is 493. The van der Waals surface area contributed by atoms with Crippen LogP contribution in [-0.4, -0.2) is 17.1 Å². The van der Waals surface area contributed by atoms with Crippen LogP contribution in [0, 0.1) is 0 Å². The molecule has 72 valence electrons. The van der Waals surface area contributed by atoms with Crippen LogP contribution in [0.15, 0.2) is 22.5 Å². The van der Waals surface area contributed by atoms with Gasteiger partial charge in [-0.15, -0.1) is 11.3 Å². The number of nitrogens with zero attached hydrogens (tertiary/aromatic N) is 1. The number of thiazole rings is 1. The van der Waals surface area contributed by atoms with Crippen LogP contribution in [0.4, 0.5) is 0 Å². The van der Waals surface area contributed by atoms with Crippen LogP contribution in [0.3, 0.4) is 0 Å². The standard InChI is InChI=1S/C9H8N2OS2/c1-13-9-11-6-3-2-5(8(10)12)4-7(6)14-9/h2-4H,1H3,(H2,10,12). The molecule has 0 aliphatic carbocycles. The van der Waals surface area contributed by atoms with Gasteiger partial charge in [0.05, 0.1) is 10.2 Å². The summed E-state index contributed by atoms with van der Waals surface area (Å²) in [5.74, 6) is -0.397. The molecule has 2 N–H and O–H groups in total. The van der Waals surface area contributed by atoms with E-state index in [-0.39, 0.29) is 0 Å². The van der Waals surface area contributed by atoms with Crippen LogP contribution in [0.5, 0.6) is 0 Å². The van der Waals surface area contributed by atoms with Gasteiger partial charge in [-0.2, -0.15) is 0 Å². The van der Waals surface area contributed by atoms with Gasteiger partial charge >= 0.3 is 0 Å². The quantitative estimate of drug-likeness (QED) is 0.795. The Morgan fingerprint density at radius 2 is 2.36 bits per heavy atom. The summed E-state index contributed by atoms with van der Waals surface area (Å²) in [5, 5.41) is 0. The number of rotatable bonds is 2. The van der Waals surface area contributed by atoms with E-state index in [1.54, 1.807) is 35.2 Å². The number of thioether (sulfide) groups is 1. The fourth-order valence-corrected chi connectivity index (χ4v) is 2.67. The van der Waals surface area contributed by atoms with Crippen molar-refractivity contribution in [2.45, 2.75) is 4.34 Å². The zero-order valence-electron chi connectivity index (χ0n) is 7.48. The highest BCUT2D eigenvalue weighted by atomic mass is 32.2. The SMILES string of the molecule is CSc1nc2ccc(C(N)=O)cc2s1. The third-order valence-electron chi connectivity index (χ3n) is 1.83. The highest BCUT2D eigenvalue weighted by Gasteiger charge is 2.05. The number of carbonyl (C=O) groups excluding carboxylic acids is 1. The Hall–Kier alpha value is -1.07. The highest BCUT2D eigenvalue weighted by molar-refractivity contribution is 8.00. The molecule has 1 aromatic carbocycles. The zero-order chi connectivity index (χ0) is 10.1. The lowest BCUT2D eigenvalue weighted by Gasteiger charge is -1.92. The number of primary amides is 1. The monoisotopic (exact) mass is 224 g/mol. The summed E-state index contributed by atoms with van der Waals surface area (Å²) in [5.41, 5.74) is 6.64. The molecule has 14 heavy (non-hydrogen) atoms. The van der Waals surface area contributed by atoms with Crippen molar-refractivity contribution < 1.29 is 4.79 Å². The average molecular weight is 224 g/mol. The third-order valence-corrected chi connectivity index (χ3v) is 3.83. The lowest BCUT2D eigenvalue weighted by molar-refractivity contribution is 0.100. The van der Waals surface area contributed by atoms with Crippen molar-refractivity contribution in [3.05, 3.63) is 23.8 Å². The molecule has 0 unspecified atom stereocenters. The van der Waals surface area contributed by atoms with E-state index in [9.17, 15) is 4.79 Å². The van der Waals surface area contributed by atoms with Crippen molar-refractivity contribution in [2.24, 2.45) is 5.73 Å². The number of carbonyl (C=O) groups is 1. The number of hydrogen-bond donors (Lipinski definition) is 1. The van der Waals surface area contributed by atoms with Crippen LogP contribution in [0.25, 0.3) is 10.2 Å². The van der Waals surface area contributed by atoms with E-state index >= 15 is 0 Å². The Kier molecular flexibility index (Phi) is 2.43. The van der Waals surface area contributed by atoms with E-state index in [0.717, 1.165) is 14.6 Å². The zero-order valence-corrected chi connectivity index (χ0v) is 9.11. The summed E-state index contributed by atoms with van der Waals surface area (Å²) in [6.07, 6.45) is 1.98. The molecule has 2 rings (SSSR count). The van der Waals surface area contributed by atoms with Crippen molar-refractivity contribution in [3.8, 4) is 0 Å². The van der Waals surface area contributed by atoms with E-state index < -0.39 is 5.91 Å². The maximum atomic E-state index is 10.9. The fraction of sp³-hybridized carbons (Fsp3) is 0.111. The Morgan fingerprint density at radius 3 is 3.00 bits per heavy atom. The second-order valence-corrected chi connectivity index (χ2v) is 4.81. The predicted molar refractivity (Wildman–Crippen MR) is 59.9 cm³/mol. The van der Waals surface area contributed by atoms with Gasteiger partial charge in [-0.05, 0) is 24.5 Å². The first-order valence-corrected chi connectivity index (χ1v) is 5.99. The summed E-state index contributed by atoms with van der Waals surface area (Å²) >= 11 is 3.17. The molecule has 2 aromatic rings. The second kappa shape index (κ2) is 3.59. The number of amides is 1. The molecule has 0 spiro atoms. The summed E-state index contributed by atoms with van der Waals surface area (Å²) in [7, 11) is 0. The fourth-order valence-electron chi connectivity index (χ4n) is 1.14. The van der Waals surface area contributed by atoms with E-state index in [1.807, 2.05) is 12.3 Å². The molecule has 1 amide bonds. The molecule has 1 heterocycles. The van der Waals surface area contributed by atoms with Gasteiger partial charge in [-0.25, -0.2) is 4.98 Å². The van der Waals surface area contributed by atoms with Gasteiger partial charge in [0.25, 0.3) is 0 Å². The van der Waals surface area contributed by atoms with Crippen molar-refractivity contribution in [1.82, 2.24) is 4.98 Å². The van der Waals surface area contributed by atoms with Crippen LogP contribution in [-0.2, 0) is 0 Å². The summed E-state index contributed by atoms with van der Waals surface area (Å²) in [6.45, 7) is 0. The summed E-state index contributed by atoms with van der Waals surface area (Å²) in [6, 6.07) is 5.31. The smallest absolute Gasteiger partial charge is 0.248 e. The van der Waals surface area contributed by atoms with Crippen molar-refractivity contribution >= 4 is 39.2 Å². The molecule has 0 saturated carbocycles. The molecule has 0 saturated heterocycles. The molecule has 0 bridgehead atoms.